The van der Waals surface area contributed by atoms with Crippen LogP contribution in [0.4, 0.5) is 5.69 Å². The van der Waals surface area contributed by atoms with Crippen LogP contribution < -0.4 is 14.2 Å². The average Bonchev–Trinajstić information content (AvgIpc) is 2.74. The predicted molar refractivity (Wildman–Crippen MR) is 113 cm³/mol. The third-order valence-corrected chi connectivity index (χ3v) is 5.49. The fraction of sp³-hybridized carbons (Fsp3) is 0.0952. The summed E-state index contributed by atoms with van der Waals surface area (Å²) in [5, 5.41) is 0.347. The first-order chi connectivity index (χ1) is 14.4. The molecule has 0 saturated carbocycles. The van der Waals surface area contributed by atoms with Crippen LogP contribution in [0.1, 0.15) is 0 Å². The molecule has 3 rings (SSSR count). The van der Waals surface area contributed by atoms with Crippen LogP contribution in [0.15, 0.2) is 77.7 Å². The van der Waals surface area contributed by atoms with Crippen LogP contribution in [0, 0.1) is 0 Å². The van der Waals surface area contributed by atoms with Crippen molar-refractivity contribution in [2.45, 2.75) is 4.90 Å². The maximum absolute atomic E-state index is 12.8. The maximum atomic E-state index is 12.8. The predicted octanol–water partition coefficient (Wildman–Crippen LogP) is 4.48. The van der Waals surface area contributed by atoms with Gasteiger partial charge in [-0.15, -0.1) is 0 Å². The van der Waals surface area contributed by atoms with E-state index in [1.807, 2.05) is 6.07 Å². The van der Waals surface area contributed by atoms with Crippen molar-refractivity contribution in [1.29, 1.82) is 0 Å². The molecule has 30 heavy (non-hydrogen) atoms. The number of methoxy groups -OCH3 is 1. The van der Waals surface area contributed by atoms with Crippen molar-refractivity contribution in [3.8, 4) is 17.2 Å². The van der Waals surface area contributed by atoms with Crippen LogP contribution >= 0.6 is 11.6 Å². The molecule has 9 heteroatoms. The van der Waals surface area contributed by atoms with Gasteiger partial charge in [0.1, 0.15) is 11.5 Å². The summed E-state index contributed by atoms with van der Waals surface area (Å²) < 4.78 is 43.6. The summed E-state index contributed by atoms with van der Waals surface area (Å²) in [6.07, 6.45) is 0. The number of ether oxygens (including phenoxy) is 3. The number of carbonyl (C=O) groups excluding carboxylic acids is 1. The van der Waals surface area contributed by atoms with Crippen molar-refractivity contribution < 1.29 is 27.4 Å². The van der Waals surface area contributed by atoms with E-state index in [0.29, 0.717) is 22.3 Å². The summed E-state index contributed by atoms with van der Waals surface area (Å²) in [4.78, 5) is 11.1. The molecular weight excluding hydrogens is 430 g/mol. The second kappa shape index (κ2) is 9.51. The minimum absolute atomic E-state index is 0.00134. The first kappa shape index (κ1) is 21.5. The van der Waals surface area contributed by atoms with Gasteiger partial charge in [-0.05, 0) is 54.6 Å². The molecule has 3 aromatic rings. The molecule has 3 aromatic carbocycles. The zero-order chi connectivity index (χ0) is 21.6. The number of benzene rings is 3. The van der Waals surface area contributed by atoms with E-state index in [-0.39, 0.29) is 17.2 Å². The molecule has 0 amide bonds. The van der Waals surface area contributed by atoms with Gasteiger partial charge in [0.25, 0.3) is 10.0 Å². The minimum atomic E-state index is -3.93. The monoisotopic (exact) mass is 447 g/mol. The highest BCUT2D eigenvalue weighted by molar-refractivity contribution is 7.92. The van der Waals surface area contributed by atoms with Gasteiger partial charge in [-0.25, -0.2) is 13.2 Å². The first-order valence-electron chi connectivity index (χ1n) is 8.72. The Balaban J connectivity index is 1.79. The van der Waals surface area contributed by atoms with Gasteiger partial charge in [0, 0.05) is 5.02 Å². The quantitative estimate of drug-likeness (QED) is 0.512. The van der Waals surface area contributed by atoms with Crippen molar-refractivity contribution in [1.82, 2.24) is 0 Å². The van der Waals surface area contributed by atoms with E-state index in [1.165, 1.54) is 37.4 Å². The van der Waals surface area contributed by atoms with E-state index in [9.17, 15) is 13.2 Å². The summed E-state index contributed by atoms with van der Waals surface area (Å²) in [6.45, 7) is -0.274. The topological polar surface area (TPSA) is 90.9 Å². The largest absolute Gasteiger partial charge is 0.482 e. The van der Waals surface area contributed by atoms with E-state index in [0.717, 1.165) is 0 Å². The molecule has 0 bridgehead atoms. The average molecular weight is 448 g/mol. The standard InChI is InChI=1S/C21H18ClNO6S/c1-27-21(24)14-28-16-8-10-18(11-9-16)30(25,26)23-19-13-15(22)7-12-20(19)29-17-5-3-2-4-6-17/h2-13,23H,14H2,1H3. The molecule has 0 aliphatic rings. The lowest BCUT2D eigenvalue weighted by Crippen LogP contribution is -2.14. The molecular formula is C21H18ClNO6S. The van der Waals surface area contributed by atoms with Gasteiger partial charge < -0.3 is 14.2 Å². The SMILES string of the molecule is COC(=O)COc1ccc(S(=O)(=O)Nc2cc(Cl)ccc2Oc2ccccc2)cc1. The van der Waals surface area contributed by atoms with Crippen molar-refractivity contribution >= 4 is 33.3 Å². The van der Waals surface area contributed by atoms with E-state index in [4.69, 9.17) is 21.1 Å². The molecule has 0 aromatic heterocycles. The molecule has 1 N–H and O–H groups in total. The van der Waals surface area contributed by atoms with Gasteiger partial charge in [0.15, 0.2) is 12.4 Å². The zero-order valence-electron chi connectivity index (χ0n) is 15.9. The third kappa shape index (κ3) is 5.65. The number of hydrogen-bond donors (Lipinski definition) is 1. The van der Waals surface area contributed by atoms with Gasteiger partial charge in [-0.2, -0.15) is 0 Å². The first-order valence-corrected chi connectivity index (χ1v) is 10.6. The molecule has 7 nitrogen and oxygen atoms in total. The van der Waals surface area contributed by atoms with Crippen molar-refractivity contribution in [2.75, 3.05) is 18.4 Å². The smallest absolute Gasteiger partial charge is 0.343 e. The molecule has 0 aliphatic carbocycles. The molecule has 0 saturated heterocycles. The fourth-order valence-electron chi connectivity index (χ4n) is 2.41. The highest BCUT2D eigenvalue weighted by atomic mass is 35.5. The molecule has 0 atom stereocenters. The van der Waals surface area contributed by atoms with Gasteiger partial charge >= 0.3 is 5.97 Å². The van der Waals surface area contributed by atoms with Gasteiger partial charge in [0.05, 0.1) is 17.7 Å². The van der Waals surface area contributed by atoms with E-state index in [1.54, 1.807) is 36.4 Å². The van der Waals surface area contributed by atoms with Crippen LogP contribution in [0.5, 0.6) is 17.2 Å². The van der Waals surface area contributed by atoms with E-state index < -0.39 is 16.0 Å². The number of para-hydroxylation sites is 1. The Hall–Kier alpha value is -3.23. The Bertz CT molecular complexity index is 1120. The highest BCUT2D eigenvalue weighted by Crippen LogP contribution is 2.33. The number of sulfonamides is 1. The second-order valence-corrected chi connectivity index (χ2v) is 8.12. The molecule has 0 radical (unpaired) electrons. The van der Waals surface area contributed by atoms with Gasteiger partial charge in [-0.3, -0.25) is 4.72 Å². The summed E-state index contributed by atoms with van der Waals surface area (Å²) in [6, 6.07) is 19.2. The van der Waals surface area contributed by atoms with Gasteiger partial charge in [0.2, 0.25) is 0 Å². The lowest BCUT2D eigenvalue weighted by molar-refractivity contribution is -0.142. The van der Waals surface area contributed by atoms with E-state index >= 15 is 0 Å². The Kier molecular flexibility index (Phi) is 6.81. The number of hydrogen-bond acceptors (Lipinski definition) is 6. The van der Waals surface area contributed by atoms with Crippen LogP contribution in [0.3, 0.4) is 0 Å². The van der Waals surface area contributed by atoms with Crippen LogP contribution in [-0.4, -0.2) is 28.1 Å². The summed E-state index contributed by atoms with van der Waals surface area (Å²) in [5.74, 6) is 0.634. The van der Waals surface area contributed by atoms with Crippen LogP contribution in [-0.2, 0) is 19.6 Å². The number of carbonyl (C=O) groups is 1. The number of anilines is 1. The number of halogens is 1. The number of esters is 1. The Morgan fingerprint density at radius 3 is 2.33 bits per heavy atom. The molecule has 156 valence electrons. The van der Waals surface area contributed by atoms with Crippen LogP contribution in [0.25, 0.3) is 0 Å². The molecule has 0 spiro atoms. The lowest BCUT2D eigenvalue weighted by atomic mass is 10.3. The summed E-state index contributed by atoms with van der Waals surface area (Å²) in [5.41, 5.74) is 0.192. The molecule has 0 heterocycles. The summed E-state index contributed by atoms with van der Waals surface area (Å²) >= 11 is 6.04. The van der Waals surface area contributed by atoms with E-state index in [2.05, 4.69) is 9.46 Å². The molecule has 0 unspecified atom stereocenters. The third-order valence-electron chi connectivity index (χ3n) is 3.88. The Morgan fingerprint density at radius 1 is 0.967 bits per heavy atom. The van der Waals surface area contributed by atoms with Crippen molar-refractivity contribution in [2.24, 2.45) is 0 Å². The number of nitrogens with one attached hydrogen (secondary N) is 1. The minimum Gasteiger partial charge on any atom is -0.482 e. The lowest BCUT2D eigenvalue weighted by Gasteiger charge is -2.14. The summed E-state index contributed by atoms with van der Waals surface area (Å²) in [7, 11) is -2.68. The van der Waals surface area contributed by atoms with Gasteiger partial charge in [-0.1, -0.05) is 29.8 Å². The highest BCUT2D eigenvalue weighted by Gasteiger charge is 2.18. The van der Waals surface area contributed by atoms with Crippen molar-refractivity contribution in [3.63, 3.8) is 0 Å². The second-order valence-electron chi connectivity index (χ2n) is 6.00. The zero-order valence-corrected chi connectivity index (χ0v) is 17.4. The van der Waals surface area contributed by atoms with Crippen molar-refractivity contribution in [3.05, 3.63) is 77.8 Å². The maximum Gasteiger partial charge on any atom is 0.343 e. The Morgan fingerprint density at radius 2 is 1.67 bits per heavy atom. The Labute approximate surface area is 179 Å². The fourth-order valence-corrected chi connectivity index (χ4v) is 3.64. The molecule has 0 fully saturated rings. The number of rotatable bonds is 8. The normalized spacial score (nSPS) is 10.9. The van der Waals surface area contributed by atoms with Crippen LogP contribution in [0.2, 0.25) is 5.02 Å². The molecule has 0 aliphatic heterocycles.